The largest absolute Gasteiger partial charge is 0.390 e. The van der Waals surface area contributed by atoms with Crippen molar-refractivity contribution >= 4 is 29.9 Å². The van der Waals surface area contributed by atoms with Crippen LogP contribution in [0, 0.1) is 12.8 Å². The molecule has 1 aromatic carbocycles. The average Bonchev–Trinajstić information content (AvgIpc) is 2.60. The highest BCUT2D eigenvalue weighted by atomic mass is 127. The zero-order valence-electron chi connectivity index (χ0n) is 16.0. The first-order chi connectivity index (χ1) is 12.4. The fourth-order valence-electron chi connectivity index (χ4n) is 3.08. The first kappa shape index (κ1) is 24.0. The van der Waals surface area contributed by atoms with E-state index in [1.54, 1.807) is 7.05 Å². The van der Waals surface area contributed by atoms with E-state index in [4.69, 9.17) is 0 Å². The van der Waals surface area contributed by atoms with E-state index >= 15 is 0 Å². The molecule has 8 heteroatoms. The number of piperidine rings is 1. The van der Waals surface area contributed by atoms with E-state index in [0.29, 0.717) is 11.9 Å². The lowest BCUT2D eigenvalue weighted by Crippen LogP contribution is -2.43. The van der Waals surface area contributed by atoms with E-state index in [2.05, 4.69) is 51.7 Å². The van der Waals surface area contributed by atoms with Gasteiger partial charge >= 0.3 is 6.18 Å². The van der Waals surface area contributed by atoms with Crippen molar-refractivity contribution in [2.75, 3.05) is 33.2 Å². The molecule has 1 aromatic rings. The monoisotopic (exact) mass is 498 g/mol. The van der Waals surface area contributed by atoms with E-state index in [1.807, 2.05) is 0 Å². The molecule has 0 spiro atoms. The van der Waals surface area contributed by atoms with E-state index in [-0.39, 0.29) is 30.5 Å². The molecule has 0 saturated carbocycles. The van der Waals surface area contributed by atoms with Gasteiger partial charge in [0.25, 0.3) is 0 Å². The van der Waals surface area contributed by atoms with Crippen LogP contribution < -0.4 is 10.6 Å². The third kappa shape index (κ3) is 9.64. The number of rotatable bonds is 6. The van der Waals surface area contributed by atoms with Gasteiger partial charge in [0, 0.05) is 26.7 Å². The van der Waals surface area contributed by atoms with Crippen molar-refractivity contribution in [3.8, 4) is 0 Å². The number of guanidine groups is 1. The number of halogens is 4. The third-order valence-electron chi connectivity index (χ3n) is 4.72. The van der Waals surface area contributed by atoms with Gasteiger partial charge in [-0.2, -0.15) is 13.2 Å². The lowest BCUT2D eigenvalue weighted by atomic mass is 9.96. The van der Waals surface area contributed by atoms with Crippen LogP contribution in [-0.4, -0.2) is 50.3 Å². The summed E-state index contributed by atoms with van der Waals surface area (Å²) in [6.07, 6.45) is -2.84. The first-order valence-corrected chi connectivity index (χ1v) is 9.15. The minimum atomic E-state index is -4.14. The number of nitrogens with zero attached hydrogens (tertiary/aromatic N) is 2. The predicted octanol–water partition coefficient (Wildman–Crippen LogP) is 3.94. The van der Waals surface area contributed by atoms with E-state index in [1.165, 1.54) is 11.1 Å². The maximum Gasteiger partial charge on any atom is 0.390 e. The summed E-state index contributed by atoms with van der Waals surface area (Å²) in [6.45, 7) is 5.73. The smallest absolute Gasteiger partial charge is 0.356 e. The van der Waals surface area contributed by atoms with Crippen LogP contribution in [-0.2, 0) is 6.54 Å². The zero-order chi connectivity index (χ0) is 19.0. The standard InChI is InChI=1S/C19H29F3N4.HI/c1-15-3-5-17(6-4-15)14-26-11-7-16(8-12-26)13-25-18(23-2)24-10-9-19(20,21)22;/h3-6,16H,7-14H2,1-2H3,(H2,23,24,25);1H. The SMILES string of the molecule is CN=C(NCCC(F)(F)F)NCC1CCN(Cc2ccc(C)cc2)CC1.I. The number of aryl methyl sites for hydroxylation is 1. The van der Waals surface area contributed by atoms with Crippen molar-refractivity contribution in [2.24, 2.45) is 10.9 Å². The fraction of sp³-hybridized carbons (Fsp3) is 0.632. The lowest BCUT2D eigenvalue weighted by molar-refractivity contribution is -0.132. The second-order valence-electron chi connectivity index (χ2n) is 6.95. The Labute approximate surface area is 177 Å². The quantitative estimate of drug-likeness (QED) is 0.355. The minimum absolute atomic E-state index is 0. The van der Waals surface area contributed by atoms with Gasteiger partial charge in [0.2, 0.25) is 0 Å². The van der Waals surface area contributed by atoms with Crippen LogP contribution in [0.2, 0.25) is 0 Å². The van der Waals surface area contributed by atoms with Gasteiger partial charge in [-0.15, -0.1) is 24.0 Å². The van der Waals surface area contributed by atoms with Gasteiger partial charge in [0.15, 0.2) is 5.96 Å². The summed E-state index contributed by atoms with van der Waals surface area (Å²) in [6, 6.07) is 8.64. The Morgan fingerprint density at radius 3 is 2.33 bits per heavy atom. The molecule has 0 aliphatic carbocycles. The van der Waals surface area contributed by atoms with Crippen LogP contribution >= 0.6 is 24.0 Å². The zero-order valence-corrected chi connectivity index (χ0v) is 18.3. The molecule has 1 aliphatic rings. The van der Waals surface area contributed by atoms with Crippen molar-refractivity contribution in [1.82, 2.24) is 15.5 Å². The Kier molecular flexibility index (Phi) is 10.4. The molecule has 154 valence electrons. The highest BCUT2D eigenvalue weighted by Gasteiger charge is 2.26. The van der Waals surface area contributed by atoms with Crippen LogP contribution in [0.1, 0.15) is 30.4 Å². The maximum atomic E-state index is 12.2. The molecule has 0 atom stereocenters. The molecule has 4 nitrogen and oxygen atoms in total. The van der Waals surface area contributed by atoms with Crippen LogP contribution in [0.3, 0.4) is 0 Å². The summed E-state index contributed by atoms with van der Waals surface area (Å²) in [5, 5.41) is 5.87. The Morgan fingerprint density at radius 2 is 1.78 bits per heavy atom. The summed E-state index contributed by atoms with van der Waals surface area (Å²) in [5.74, 6) is 0.960. The molecular weight excluding hydrogens is 468 g/mol. The molecule has 1 heterocycles. The predicted molar refractivity (Wildman–Crippen MR) is 115 cm³/mol. The molecule has 1 saturated heterocycles. The van der Waals surface area contributed by atoms with Crippen LogP contribution in [0.25, 0.3) is 0 Å². The first-order valence-electron chi connectivity index (χ1n) is 9.15. The molecule has 1 fully saturated rings. The topological polar surface area (TPSA) is 39.7 Å². The maximum absolute atomic E-state index is 12.2. The molecule has 2 rings (SSSR count). The Hall–Kier alpha value is -1.03. The van der Waals surface area contributed by atoms with Gasteiger partial charge in [-0.25, -0.2) is 0 Å². The molecule has 0 unspecified atom stereocenters. The van der Waals surface area contributed by atoms with Crippen molar-refractivity contribution in [2.45, 2.75) is 38.9 Å². The van der Waals surface area contributed by atoms with Crippen molar-refractivity contribution in [3.05, 3.63) is 35.4 Å². The van der Waals surface area contributed by atoms with Crippen LogP contribution in [0.5, 0.6) is 0 Å². The molecule has 2 N–H and O–H groups in total. The fourth-order valence-corrected chi connectivity index (χ4v) is 3.08. The number of hydrogen-bond donors (Lipinski definition) is 2. The van der Waals surface area contributed by atoms with E-state index in [0.717, 1.165) is 39.0 Å². The average molecular weight is 498 g/mol. The molecular formula is C19H30F3IN4. The summed E-state index contributed by atoms with van der Waals surface area (Å²) >= 11 is 0. The van der Waals surface area contributed by atoms with Gasteiger partial charge in [0.05, 0.1) is 6.42 Å². The Balaban J connectivity index is 0.00000364. The minimum Gasteiger partial charge on any atom is -0.356 e. The molecule has 0 bridgehead atoms. The van der Waals surface area contributed by atoms with E-state index < -0.39 is 12.6 Å². The van der Waals surface area contributed by atoms with Crippen molar-refractivity contribution < 1.29 is 13.2 Å². The summed E-state index contributed by atoms with van der Waals surface area (Å²) in [7, 11) is 1.58. The summed E-state index contributed by atoms with van der Waals surface area (Å²) in [4.78, 5) is 6.44. The van der Waals surface area contributed by atoms with Gasteiger partial charge in [0.1, 0.15) is 0 Å². The third-order valence-corrected chi connectivity index (χ3v) is 4.72. The molecule has 0 aromatic heterocycles. The molecule has 27 heavy (non-hydrogen) atoms. The van der Waals surface area contributed by atoms with Gasteiger partial charge in [-0.1, -0.05) is 29.8 Å². The number of likely N-dealkylation sites (tertiary alicyclic amines) is 1. The number of nitrogens with one attached hydrogen (secondary N) is 2. The lowest BCUT2D eigenvalue weighted by Gasteiger charge is -2.32. The number of aliphatic imine (C=N–C) groups is 1. The normalized spacial score (nSPS) is 16.7. The molecule has 0 radical (unpaired) electrons. The Morgan fingerprint density at radius 1 is 1.15 bits per heavy atom. The van der Waals surface area contributed by atoms with Gasteiger partial charge in [-0.3, -0.25) is 9.89 Å². The second-order valence-corrected chi connectivity index (χ2v) is 6.95. The highest BCUT2D eigenvalue weighted by molar-refractivity contribution is 14.0. The highest BCUT2D eigenvalue weighted by Crippen LogP contribution is 2.19. The van der Waals surface area contributed by atoms with Gasteiger partial charge < -0.3 is 10.6 Å². The van der Waals surface area contributed by atoms with Crippen molar-refractivity contribution in [3.63, 3.8) is 0 Å². The number of hydrogen-bond acceptors (Lipinski definition) is 2. The second kappa shape index (κ2) is 11.7. The van der Waals surface area contributed by atoms with Crippen LogP contribution in [0.4, 0.5) is 13.2 Å². The summed E-state index contributed by atoms with van der Waals surface area (Å²) < 4.78 is 36.6. The van der Waals surface area contributed by atoms with Crippen molar-refractivity contribution in [1.29, 1.82) is 0 Å². The molecule has 1 aliphatic heterocycles. The van der Waals surface area contributed by atoms with Crippen LogP contribution in [0.15, 0.2) is 29.3 Å². The molecule has 0 amide bonds. The van der Waals surface area contributed by atoms with E-state index in [9.17, 15) is 13.2 Å². The Bertz CT molecular complexity index is 567. The number of alkyl halides is 3. The number of benzene rings is 1. The van der Waals surface area contributed by atoms with Gasteiger partial charge in [-0.05, 0) is 44.3 Å². The summed E-state index contributed by atoms with van der Waals surface area (Å²) in [5.41, 5.74) is 2.61.